The first-order valence-corrected chi connectivity index (χ1v) is 10.8. The Morgan fingerprint density at radius 3 is 2.91 bits per heavy atom. The van der Waals surface area contributed by atoms with E-state index in [9.17, 15) is 18.4 Å². The number of nitrogens with zero attached hydrogens (tertiary/aromatic N) is 3. The van der Waals surface area contributed by atoms with E-state index in [4.69, 9.17) is 10.00 Å². The SMILES string of the molecule is N#C[C@@H]1CC(F)(F)CN1C(=O)CCC(=O)c1ccncc1/C=C/C1CCc2ccccc2O1. The second-order valence-electron chi connectivity index (χ2n) is 8.27. The van der Waals surface area contributed by atoms with E-state index in [2.05, 4.69) is 4.98 Å². The number of rotatable bonds is 6. The minimum atomic E-state index is -3.08. The number of halogens is 2. The summed E-state index contributed by atoms with van der Waals surface area (Å²) < 4.78 is 33.2. The molecule has 33 heavy (non-hydrogen) atoms. The molecule has 4 rings (SSSR count). The zero-order chi connectivity index (χ0) is 23.4. The average molecular weight is 451 g/mol. The van der Waals surface area contributed by atoms with Crippen molar-refractivity contribution in [3.8, 4) is 11.8 Å². The highest BCUT2D eigenvalue weighted by Gasteiger charge is 2.47. The molecule has 6 nitrogen and oxygen atoms in total. The van der Waals surface area contributed by atoms with Crippen molar-refractivity contribution >= 4 is 17.8 Å². The molecule has 3 heterocycles. The molecule has 2 atom stereocenters. The number of likely N-dealkylation sites (tertiary alicyclic amines) is 1. The Balaban J connectivity index is 1.39. The van der Waals surface area contributed by atoms with Crippen molar-refractivity contribution in [3.05, 3.63) is 65.5 Å². The first-order chi connectivity index (χ1) is 15.9. The number of carbonyl (C=O) groups excluding carboxylic acids is 2. The number of aromatic nitrogens is 1. The smallest absolute Gasteiger partial charge is 0.268 e. The summed E-state index contributed by atoms with van der Waals surface area (Å²) in [7, 11) is 0. The summed E-state index contributed by atoms with van der Waals surface area (Å²) in [5.41, 5.74) is 2.16. The third-order valence-electron chi connectivity index (χ3n) is 5.90. The monoisotopic (exact) mass is 451 g/mol. The maximum Gasteiger partial charge on any atom is 0.268 e. The number of Topliss-reactive ketones (excluding diaryl/α,β-unsaturated/α-hetero) is 1. The predicted octanol–water partition coefficient (Wildman–Crippen LogP) is 4.21. The van der Waals surface area contributed by atoms with E-state index in [0.717, 1.165) is 23.5 Å². The lowest BCUT2D eigenvalue weighted by Gasteiger charge is -2.23. The standard InChI is InChI=1S/C25H23F2N3O3/c26-25(27)13-19(14-28)30(16-25)24(32)10-9-22(31)21-11-12-29-15-18(21)6-8-20-7-5-17-3-1-2-4-23(17)33-20/h1-4,6,8,11-12,15,19-20H,5,7,9-10,13,16H2/b8-6+/t19-,20?/m0/s1. The van der Waals surface area contributed by atoms with Gasteiger partial charge in [0, 0.05) is 42.8 Å². The van der Waals surface area contributed by atoms with E-state index in [-0.39, 0.29) is 24.7 Å². The van der Waals surface area contributed by atoms with Crippen LogP contribution in [0.1, 0.15) is 47.2 Å². The van der Waals surface area contributed by atoms with Gasteiger partial charge in [-0.05, 0) is 36.6 Å². The van der Waals surface area contributed by atoms with Crippen molar-refractivity contribution in [2.45, 2.75) is 50.2 Å². The van der Waals surface area contributed by atoms with Crippen molar-refractivity contribution < 1.29 is 23.1 Å². The van der Waals surface area contributed by atoms with Crippen molar-refractivity contribution in [2.75, 3.05) is 6.54 Å². The summed E-state index contributed by atoms with van der Waals surface area (Å²) in [5, 5.41) is 9.06. The number of amides is 1. The molecule has 0 saturated carbocycles. The Morgan fingerprint density at radius 2 is 2.09 bits per heavy atom. The van der Waals surface area contributed by atoms with Gasteiger partial charge in [0.15, 0.2) is 5.78 Å². The lowest BCUT2D eigenvalue weighted by molar-refractivity contribution is -0.132. The molecule has 8 heteroatoms. The molecule has 0 bridgehead atoms. The van der Waals surface area contributed by atoms with Crippen LogP contribution in [0.15, 0.2) is 48.8 Å². The van der Waals surface area contributed by atoms with Crippen molar-refractivity contribution in [1.82, 2.24) is 9.88 Å². The summed E-state index contributed by atoms with van der Waals surface area (Å²) in [6.07, 6.45) is 7.25. The summed E-state index contributed by atoms with van der Waals surface area (Å²) in [6, 6.07) is 10.0. The van der Waals surface area contributed by atoms with Gasteiger partial charge in [-0.15, -0.1) is 0 Å². The maximum atomic E-state index is 13.6. The van der Waals surface area contributed by atoms with E-state index in [0.29, 0.717) is 11.1 Å². The van der Waals surface area contributed by atoms with Crippen molar-refractivity contribution in [2.24, 2.45) is 0 Å². The number of carbonyl (C=O) groups is 2. The third kappa shape index (κ3) is 5.25. The molecule has 1 aromatic heterocycles. The highest BCUT2D eigenvalue weighted by atomic mass is 19.3. The van der Waals surface area contributed by atoms with Crippen molar-refractivity contribution in [3.63, 3.8) is 0 Å². The van der Waals surface area contributed by atoms with Gasteiger partial charge in [-0.3, -0.25) is 14.6 Å². The minimum absolute atomic E-state index is 0.135. The normalized spacial score (nSPS) is 21.3. The number of fused-ring (bicyclic) bond motifs is 1. The molecular formula is C25H23F2N3O3. The lowest BCUT2D eigenvalue weighted by atomic mass is 9.99. The molecular weight excluding hydrogens is 428 g/mol. The number of ether oxygens (including phenoxy) is 1. The number of ketones is 1. The molecule has 1 saturated heterocycles. The number of hydrogen-bond donors (Lipinski definition) is 0. The summed E-state index contributed by atoms with van der Waals surface area (Å²) in [5.74, 6) is -3.14. The highest BCUT2D eigenvalue weighted by Crippen LogP contribution is 2.32. The summed E-state index contributed by atoms with van der Waals surface area (Å²) in [4.78, 5) is 30.2. The first kappa shape index (κ1) is 22.6. The zero-order valence-electron chi connectivity index (χ0n) is 17.9. The minimum Gasteiger partial charge on any atom is -0.486 e. The van der Waals surface area contributed by atoms with Crippen LogP contribution in [0.5, 0.6) is 5.75 Å². The van der Waals surface area contributed by atoms with Gasteiger partial charge in [-0.25, -0.2) is 8.78 Å². The molecule has 170 valence electrons. The Labute approximate surface area is 190 Å². The number of aryl methyl sites for hydroxylation is 1. The molecule has 1 aromatic carbocycles. The zero-order valence-corrected chi connectivity index (χ0v) is 17.9. The van der Waals surface area contributed by atoms with Gasteiger partial charge in [0.1, 0.15) is 17.9 Å². The van der Waals surface area contributed by atoms with Gasteiger partial charge in [0.2, 0.25) is 5.91 Å². The molecule has 1 amide bonds. The Bertz CT molecular complexity index is 1130. The molecule has 1 unspecified atom stereocenters. The quantitative estimate of drug-likeness (QED) is 0.615. The van der Waals surface area contributed by atoms with Gasteiger partial charge in [0.05, 0.1) is 12.6 Å². The lowest BCUT2D eigenvalue weighted by Crippen LogP contribution is -2.36. The van der Waals surface area contributed by atoms with Gasteiger partial charge in [-0.1, -0.05) is 24.3 Å². The molecule has 0 spiro atoms. The van der Waals surface area contributed by atoms with Crippen LogP contribution in [0, 0.1) is 11.3 Å². The number of alkyl halides is 2. The van der Waals surface area contributed by atoms with Gasteiger partial charge < -0.3 is 9.64 Å². The van der Waals surface area contributed by atoms with Crippen LogP contribution in [-0.4, -0.2) is 46.2 Å². The van der Waals surface area contributed by atoms with Crippen molar-refractivity contribution in [1.29, 1.82) is 5.26 Å². The van der Waals surface area contributed by atoms with Gasteiger partial charge in [0.25, 0.3) is 5.92 Å². The Morgan fingerprint density at radius 1 is 1.27 bits per heavy atom. The fraction of sp³-hybridized carbons (Fsp3) is 0.360. The number of hydrogen-bond acceptors (Lipinski definition) is 5. The van der Waals surface area contributed by atoms with E-state index in [1.165, 1.54) is 11.8 Å². The largest absolute Gasteiger partial charge is 0.486 e. The van der Waals surface area contributed by atoms with Crippen LogP contribution < -0.4 is 4.74 Å². The van der Waals surface area contributed by atoms with E-state index < -0.39 is 30.8 Å². The van der Waals surface area contributed by atoms with Gasteiger partial charge in [-0.2, -0.15) is 5.26 Å². The van der Waals surface area contributed by atoms with Crippen LogP contribution in [0.4, 0.5) is 8.78 Å². The van der Waals surface area contributed by atoms with Crippen LogP contribution in [-0.2, 0) is 11.2 Å². The van der Waals surface area contributed by atoms with Crippen LogP contribution in [0.25, 0.3) is 6.08 Å². The van der Waals surface area contributed by atoms with E-state index in [1.54, 1.807) is 24.4 Å². The number of pyridine rings is 1. The second-order valence-corrected chi connectivity index (χ2v) is 8.27. The molecule has 0 N–H and O–H groups in total. The average Bonchev–Trinajstić information content (AvgIpc) is 3.15. The number of nitriles is 1. The molecule has 0 radical (unpaired) electrons. The molecule has 2 aromatic rings. The first-order valence-electron chi connectivity index (χ1n) is 10.8. The summed E-state index contributed by atoms with van der Waals surface area (Å²) in [6.45, 7) is -0.786. The third-order valence-corrected chi connectivity index (χ3v) is 5.90. The molecule has 0 aliphatic carbocycles. The van der Waals surface area contributed by atoms with Crippen LogP contribution in [0.3, 0.4) is 0 Å². The molecule has 2 aliphatic rings. The number of benzene rings is 1. The Hall–Kier alpha value is -3.60. The fourth-order valence-corrected chi connectivity index (χ4v) is 4.18. The maximum absolute atomic E-state index is 13.6. The van der Waals surface area contributed by atoms with E-state index >= 15 is 0 Å². The van der Waals surface area contributed by atoms with Crippen LogP contribution >= 0.6 is 0 Å². The second kappa shape index (κ2) is 9.49. The fourth-order valence-electron chi connectivity index (χ4n) is 4.18. The van der Waals surface area contributed by atoms with E-state index in [1.807, 2.05) is 30.3 Å². The van der Waals surface area contributed by atoms with Gasteiger partial charge >= 0.3 is 0 Å². The summed E-state index contributed by atoms with van der Waals surface area (Å²) >= 11 is 0. The highest BCUT2D eigenvalue weighted by molar-refractivity contribution is 6.00. The molecule has 1 fully saturated rings. The topological polar surface area (TPSA) is 83.3 Å². The number of para-hydroxylation sites is 1. The van der Waals surface area contributed by atoms with Crippen LogP contribution in [0.2, 0.25) is 0 Å². The Kier molecular flexibility index (Phi) is 6.50. The predicted molar refractivity (Wildman–Crippen MR) is 117 cm³/mol. The molecule has 2 aliphatic heterocycles.